The van der Waals surface area contributed by atoms with Crippen molar-refractivity contribution in [1.82, 2.24) is 20.4 Å². The lowest BCUT2D eigenvalue weighted by Gasteiger charge is -2.26. The summed E-state index contributed by atoms with van der Waals surface area (Å²) in [5, 5.41) is 10.8. The van der Waals surface area contributed by atoms with Crippen LogP contribution < -0.4 is 5.32 Å². The van der Waals surface area contributed by atoms with Gasteiger partial charge in [0.25, 0.3) is 0 Å². The number of hydrogen-bond acceptors (Lipinski definition) is 3. The Morgan fingerprint density at radius 3 is 2.68 bits per heavy atom. The minimum absolute atomic E-state index is 0. The third-order valence-corrected chi connectivity index (χ3v) is 4.70. The summed E-state index contributed by atoms with van der Waals surface area (Å²) >= 11 is 0. The van der Waals surface area contributed by atoms with Gasteiger partial charge in [0.2, 0.25) is 5.91 Å². The molecule has 25 heavy (non-hydrogen) atoms. The zero-order valence-electron chi connectivity index (χ0n) is 14.7. The number of benzene rings is 1. The fraction of sp³-hybridized carbons (Fsp3) is 0.474. The van der Waals surface area contributed by atoms with E-state index >= 15 is 0 Å². The van der Waals surface area contributed by atoms with Crippen molar-refractivity contribution in [3.05, 3.63) is 42.1 Å². The third kappa shape index (κ3) is 5.31. The summed E-state index contributed by atoms with van der Waals surface area (Å²) in [7, 11) is 1.92. The summed E-state index contributed by atoms with van der Waals surface area (Å²) < 4.78 is 0. The Kier molecular flexibility index (Phi) is 7.47. The average molecular weight is 363 g/mol. The molecule has 0 bridgehead atoms. The zero-order chi connectivity index (χ0) is 16.8. The van der Waals surface area contributed by atoms with Crippen molar-refractivity contribution in [1.29, 1.82) is 0 Å². The lowest BCUT2D eigenvalue weighted by atomic mass is 9.96. The van der Waals surface area contributed by atoms with Gasteiger partial charge in [0.05, 0.1) is 5.69 Å². The van der Waals surface area contributed by atoms with Gasteiger partial charge in [-0.25, -0.2) is 0 Å². The highest BCUT2D eigenvalue weighted by molar-refractivity contribution is 5.85. The van der Waals surface area contributed by atoms with Gasteiger partial charge >= 0.3 is 0 Å². The molecule has 6 heteroatoms. The number of H-pyrrole nitrogens is 1. The van der Waals surface area contributed by atoms with Crippen LogP contribution in [-0.2, 0) is 11.2 Å². The first-order valence-corrected chi connectivity index (χ1v) is 8.79. The van der Waals surface area contributed by atoms with Crippen molar-refractivity contribution >= 4 is 18.3 Å². The maximum Gasteiger partial charge on any atom is 0.225 e. The van der Waals surface area contributed by atoms with Crippen LogP contribution in [0, 0.1) is 5.92 Å². The lowest BCUT2D eigenvalue weighted by Crippen LogP contribution is -2.39. The Bertz CT molecular complexity index is 652. The number of nitrogens with one attached hydrogen (secondary N) is 2. The van der Waals surface area contributed by atoms with E-state index in [9.17, 15) is 4.79 Å². The molecule has 1 aromatic carbocycles. The first kappa shape index (κ1) is 19.5. The predicted octanol–water partition coefficient (Wildman–Crippen LogP) is 2.89. The van der Waals surface area contributed by atoms with Crippen LogP contribution in [0.4, 0.5) is 0 Å². The number of amides is 1. The van der Waals surface area contributed by atoms with Crippen LogP contribution in [0.1, 0.15) is 25.0 Å². The normalized spacial score (nSPS) is 14.8. The monoisotopic (exact) mass is 362 g/mol. The number of carbonyl (C=O) groups is 1. The quantitative estimate of drug-likeness (QED) is 0.830. The van der Waals surface area contributed by atoms with Crippen LogP contribution in [0.2, 0.25) is 0 Å². The smallest absolute Gasteiger partial charge is 0.225 e. The molecular weight excluding hydrogens is 336 g/mol. The van der Waals surface area contributed by atoms with E-state index < -0.39 is 0 Å². The number of piperidine rings is 1. The molecule has 136 valence electrons. The van der Waals surface area contributed by atoms with Crippen molar-refractivity contribution in [2.75, 3.05) is 26.7 Å². The summed E-state index contributed by atoms with van der Waals surface area (Å²) in [6, 6.07) is 12.3. The largest absolute Gasteiger partial charge is 0.346 e. The molecule has 1 aromatic heterocycles. The molecule has 2 N–H and O–H groups in total. The molecule has 0 spiro atoms. The molecule has 0 saturated carbocycles. The van der Waals surface area contributed by atoms with Crippen molar-refractivity contribution in [2.24, 2.45) is 5.92 Å². The standard InChI is InChI=1S/C19H26N4O.ClH/c1-23(19(24)16-9-11-20-12-10-16)13-5-8-17-14-18(22-21-17)15-6-3-2-4-7-15;/h2-4,6-7,14,16,20H,5,8-13H2,1H3,(H,21,22);1H. The van der Waals surface area contributed by atoms with Crippen molar-refractivity contribution < 1.29 is 4.79 Å². The summed E-state index contributed by atoms with van der Waals surface area (Å²) in [4.78, 5) is 14.3. The number of nitrogens with zero attached hydrogens (tertiary/aromatic N) is 2. The number of aromatic amines is 1. The van der Waals surface area contributed by atoms with Crippen LogP contribution in [0.15, 0.2) is 36.4 Å². The van der Waals surface area contributed by atoms with E-state index in [1.807, 2.05) is 30.1 Å². The first-order valence-electron chi connectivity index (χ1n) is 8.79. The van der Waals surface area contributed by atoms with Gasteiger partial charge in [-0.05, 0) is 44.8 Å². The number of aromatic nitrogens is 2. The number of aryl methyl sites for hydroxylation is 1. The molecule has 5 nitrogen and oxygen atoms in total. The fourth-order valence-electron chi connectivity index (χ4n) is 3.24. The SMILES string of the molecule is CN(CCCc1cc(-c2ccccc2)n[nH]1)C(=O)C1CCNCC1.Cl. The molecule has 0 radical (unpaired) electrons. The first-order chi connectivity index (χ1) is 11.7. The van der Waals surface area contributed by atoms with E-state index in [0.29, 0.717) is 5.91 Å². The van der Waals surface area contributed by atoms with E-state index in [1.54, 1.807) is 0 Å². The Morgan fingerprint density at radius 2 is 1.96 bits per heavy atom. The second kappa shape index (κ2) is 9.59. The average Bonchev–Trinajstić information content (AvgIpc) is 3.11. The third-order valence-electron chi connectivity index (χ3n) is 4.70. The summed E-state index contributed by atoms with van der Waals surface area (Å²) in [6.45, 7) is 2.71. The Morgan fingerprint density at radius 1 is 1.24 bits per heavy atom. The fourth-order valence-corrected chi connectivity index (χ4v) is 3.24. The number of carbonyl (C=O) groups excluding carboxylic acids is 1. The van der Waals surface area contributed by atoms with Crippen molar-refractivity contribution in [2.45, 2.75) is 25.7 Å². The molecule has 0 unspecified atom stereocenters. The number of hydrogen-bond donors (Lipinski definition) is 2. The van der Waals surface area contributed by atoms with Crippen molar-refractivity contribution in [3.8, 4) is 11.3 Å². The number of halogens is 1. The van der Waals surface area contributed by atoms with Gasteiger partial charge in [0.1, 0.15) is 0 Å². The van der Waals surface area contributed by atoms with Gasteiger partial charge < -0.3 is 10.2 Å². The summed E-state index contributed by atoms with van der Waals surface area (Å²) in [5.74, 6) is 0.499. The lowest BCUT2D eigenvalue weighted by molar-refractivity contribution is -0.135. The van der Waals surface area contributed by atoms with E-state index in [-0.39, 0.29) is 18.3 Å². The Balaban J connectivity index is 0.00000225. The Hall–Kier alpha value is -1.85. The van der Waals surface area contributed by atoms with Gasteiger partial charge in [-0.1, -0.05) is 30.3 Å². The Labute approximate surface area is 155 Å². The molecule has 3 rings (SSSR count). The zero-order valence-corrected chi connectivity index (χ0v) is 15.5. The predicted molar refractivity (Wildman–Crippen MR) is 103 cm³/mol. The molecule has 0 atom stereocenters. The van der Waals surface area contributed by atoms with E-state index in [4.69, 9.17) is 0 Å². The van der Waals surface area contributed by atoms with Crippen LogP contribution in [-0.4, -0.2) is 47.7 Å². The van der Waals surface area contributed by atoms with Crippen LogP contribution in [0.5, 0.6) is 0 Å². The number of rotatable bonds is 6. The van der Waals surface area contributed by atoms with Gasteiger partial charge in [0, 0.05) is 30.8 Å². The van der Waals surface area contributed by atoms with Gasteiger partial charge in [-0.2, -0.15) is 5.10 Å². The van der Waals surface area contributed by atoms with Gasteiger partial charge in [0.15, 0.2) is 0 Å². The maximum absolute atomic E-state index is 12.4. The van der Waals surface area contributed by atoms with Crippen molar-refractivity contribution in [3.63, 3.8) is 0 Å². The topological polar surface area (TPSA) is 61.0 Å². The molecule has 1 saturated heterocycles. The van der Waals surface area contributed by atoms with Crippen LogP contribution in [0.3, 0.4) is 0 Å². The highest BCUT2D eigenvalue weighted by Crippen LogP contribution is 2.18. The second-order valence-corrected chi connectivity index (χ2v) is 6.53. The molecule has 1 aliphatic rings. The molecule has 1 aliphatic heterocycles. The molecular formula is C19H27ClN4O. The van der Waals surface area contributed by atoms with Crippen LogP contribution in [0.25, 0.3) is 11.3 Å². The highest BCUT2D eigenvalue weighted by atomic mass is 35.5. The van der Waals surface area contributed by atoms with E-state index in [2.05, 4.69) is 33.7 Å². The highest BCUT2D eigenvalue weighted by Gasteiger charge is 2.23. The molecule has 1 fully saturated rings. The summed E-state index contributed by atoms with van der Waals surface area (Å²) in [6.07, 6.45) is 3.78. The molecule has 2 heterocycles. The minimum Gasteiger partial charge on any atom is -0.346 e. The van der Waals surface area contributed by atoms with Crippen LogP contribution >= 0.6 is 12.4 Å². The molecule has 0 aliphatic carbocycles. The molecule has 1 amide bonds. The molecule has 2 aromatic rings. The minimum atomic E-state index is 0. The maximum atomic E-state index is 12.4. The summed E-state index contributed by atoms with van der Waals surface area (Å²) in [5.41, 5.74) is 3.22. The van der Waals surface area contributed by atoms with E-state index in [1.165, 1.54) is 0 Å². The second-order valence-electron chi connectivity index (χ2n) is 6.53. The van der Waals surface area contributed by atoms with E-state index in [0.717, 1.165) is 62.3 Å². The van der Waals surface area contributed by atoms with Gasteiger partial charge in [-0.3, -0.25) is 9.89 Å². The van der Waals surface area contributed by atoms with Gasteiger partial charge in [-0.15, -0.1) is 12.4 Å².